The van der Waals surface area contributed by atoms with Crippen LogP contribution in [0, 0.1) is 10.1 Å². The van der Waals surface area contributed by atoms with Crippen LogP contribution in [0.15, 0.2) is 18.3 Å². The maximum Gasteiger partial charge on any atom is 0.386 e. The highest BCUT2D eigenvalue weighted by molar-refractivity contribution is 5.56. The van der Waals surface area contributed by atoms with Crippen molar-refractivity contribution in [1.29, 1.82) is 0 Å². The molecule has 0 radical (unpaired) electrons. The lowest BCUT2D eigenvalue weighted by molar-refractivity contribution is -0.388. The largest absolute Gasteiger partial charge is 0.386 e. The highest BCUT2D eigenvalue weighted by Crippen LogP contribution is 2.19. The highest BCUT2D eigenvalue weighted by atomic mass is 16.6. The Morgan fingerprint density at radius 2 is 2.47 bits per heavy atom. The lowest BCUT2D eigenvalue weighted by Gasteiger charge is -2.11. The van der Waals surface area contributed by atoms with Crippen molar-refractivity contribution in [2.75, 3.05) is 19.0 Å². The third-order valence-electron chi connectivity index (χ3n) is 1.94. The van der Waals surface area contributed by atoms with Crippen molar-refractivity contribution in [3.63, 3.8) is 0 Å². The third kappa shape index (κ3) is 3.17. The van der Waals surface area contributed by atoms with E-state index in [4.69, 9.17) is 4.74 Å². The summed E-state index contributed by atoms with van der Waals surface area (Å²) in [5.74, 6) is -0.166. The van der Waals surface area contributed by atoms with E-state index in [-0.39, 0.29) is 11.9 Å². The molecule has 15 heavy (non-hydrogen) atoms. The van der Waals surface area contributed by atoms with Crippen LogP contribution in [0.1, 0.15) is 6.92 Å². The van der Waals surface area contributed by atoms with Crippen molar-refractivity contribution < 1.29 is 9.66 Å². The first-order valence-corrected chi connectivity index (χ1v) is 4.51. The zero-order valence-corrected chi connectivity index (χ0v) is 8.64. The second-order valence-electron chi connectivity index (χ2n) is 3.06. The van der Waals surface area contributed by atoms with Crippen molar-refractivity contribution in [2.24, 2.45) is 0 Å². The standard InChI is InChI=1S/C9H13N3O3/c1-7(15-2)6-11-8-4-3-5-10-9(8)12(13)14/h3-5,7,11H,6H2,1-2H3. The van der Waals surface area contributed by atoms with Crippen molar-refractivity contribution in [3.05, 3.63) is 28.4 Å². The fraction of sp³-hybridized carbons (Fsp3) is 0.444. The third-order valence-corrected chi connectivity index (χ3v) is 1.94. The summed E-state index contributed by atoms with van der Waals surface area (Å²) in [4.78, 5) is 13.8. The quantitative estimate of drug-likeness (QED) is 0.589. The average molecular weight is 211 g/mol. The Bertz CT molecular complexity index is 343. The van der Waals surface area contributed by atoms with E-state index < -0.39 is 4.92 Å². The number of nitrogens with zero attached hydrogens (tertiary/aromatic N) is 2. The van der Waals surface area contributed by atoms with Crippen molar-refractivity contribution in [1.82, 2.24) is 4.98 Å². The minimum absolute atomic E-state index is 0.00943. The van der Waals surface area contributed by atoms with Gasteiger partial charge in [-0.05, 0) is 29.0 Å². The van der Waals surface area contributed by atoms with Crippen LogP contribution in [-0.4, -0.2) is 29.7 Å². The Kier molecular flexibility index (Phi) is 3.99. The number of rotatable bonds is 5. The van der Waals surface area contributed by atoms with E-state index in [1.807, 2.05) is 6.92 Å². The molecule has 0 fully saturated rings. The van der Waals surface area contributed by atoms with Gasteiger partial charge in [0.2, 0.25) is 0 Å². The number of hydrogen-bond acceptors (Lipinski definition) is 5. The van der Waals surface area contributed by atoms with Crippen LogP contribution in [0.25, 0.3) is 0 Å². The molecular weight excluding hydrogens is 198 g/mol. The molecular formula is C9H13N3O3. The van der Waals surface area contributed by atoms with Gasteiger partial charge in [0.05, 0.1) is 6.10 Å². The number of pyridine rings is 1. The number of ether oxygens (including phenoxy) is 1. The lowest BCUT2D eigenvalue weighted by atomic mass is 10.3. The molecule has 0 saturated heterocycles. The molecule has 0 aliphatic rings. The van der Waals surface area contributed by atoms with E-state index in [0.717, 1.165) is 0 Å². The SMILES string of the molecule is COC(C)CNc1cccnc1[N+](=O)[O-]. The summed E-state index contributed by atoms with van der Waals surface area (Å²) in [6.45, 7) is 2.37. The van der Waals surface area contributed by atoms with Crippen molar-refractivity contribution >= 4 is 11.5 Å². The molecule has 1 heterocycles. The summed E-state index contributed by atoms with van der Waals surface area (Å²) >= 11 is 0. The molecule has 1 atom stereocenters. The predicted molar refractivity (Wildman–Crippen MR) is 55.9 cm³/mol. The zero-order chi connectivity index (χ0) is 11.3. The Hall–Kier alpha value is -1.69. The highest BCUT2D eigenvalue weighted by Gasteiger charge is 2.13. The molecule has 0 bridgehead atoms. The number of hydrogen-bond donors (Lipinski definition) is 1. The molecule has 82 valence electrons. The summed E-state index contributed by atoms with van der Waals surface area (Å²) in [6, 6.07) is 3.26. The first kappa shape index (κ1) is 11.4. The van der Waals surface area contributed by atoms with Gasteiger partial charge in [0, 0.05) is 13.7 Å². The van der Waals surface area contributed by atoms with Crippen LogP contribution in [-0.2, 0) is 4.74 Å². The number of nitrogens with one attached hydrogen (secondary N) is 1. The zero-order valence-electron chi connectivity index (χ0n) is 8.64. The number of aromatic nitrogens is 1. The molecule has 1 unspecified atom stereocenters. The van der Waals surface area contributed by atoms with Gasteiger partial charge in [0.1, 0.15) is 11.9 Å². The van der Waals surface area contributed by atoms with Gasteiger partial charge in [-0.1, -0.05) is 0 Å². The van der Waals surface area contributed by atoms with Gasteiger partial charge in [-0.15, -0.1) is 0 Å². The van der Waals surface area contributed by atoms with Crippen LogP contribution in [0.5, 0.6) is 0 Å². The van der Waals surface area contributed by atoms with Crippen molar-refractivity contribution in [3.8, 4) is 0 Å². The fourth-order valence-electron chi connectivity index (χ4n) is 1.02. The molecule has 1 aromatic rings. The Morgan fingerprint density at radius 3 is 3.07 bits per heavy atom. The van der Waals surface area contributed by atoms with E-state index in [1.54, 1.807) is 19.2 Å². The van der Waals surface area contributed by atoms with Gasteiger partial charge >= 0.3 is 5.82 Å². The first-order valence-electron chi connectivity index (χ1n) is 4.51. The van der Waals surface area contributed by atoms with Crippen LogP contribution < -0.4 is 5.32 Å². The maximum absolute atomic E-state index is 10.6. The molecule has 0 aliphatic heterocycles. The minimum atomic E-state index is -0.514. The van der Waals surface area contributed by atoms with Gasteiger partial charge in [0.15, 0.2) is 0 Å². The molecule has 0 spiro atoms. The summed E-state index contributed by atoms with van der Waals surface area (Å²) in [7, 11) is 1.59. The number of methoxy groups -OCH3 is 1. The second kappa shape index (κ2) is 5.26. The van der Waals surface area contributed by atoms with Gasteiger partial charge in [-0.3, -0.25) is 0 Å². The lowest BCUT2D eigenvalue weighted by Crippen LogP contribution is -2.18. The Labute approximate surface area is 87.4 Å². The van der Waals surface area contributed by atoms with E-state index in [1.165, 1.54) is 6.20 Å². The molecule has 1 N–H and O–H groups in total. The van der Waals surface area contributed by atoms with Gasteiger partial charge < -0.3 is 20.2 Å². The van der Waals surface area contributed by atoms with Crippen LogP contribution in [0.4, 0.5) is 11.5 Å². The molecule has 1 aromatic heterocycles. The summed E-state index contributed by atoms with van der Waals surface area (Å²) in [6.07, 6.45) is 1.38. The van der Waals surface area contributed by atoms with E-state index in [2.05, 4.69) is 10.3 Å². The van der Waals surface area contributed by atoms with E-state index in [0.29, 0.717) is 12.2 Å². The van der Waals surface area contributed by atoms with Gasteiger partial charge in [0.25, 0.3) is 0 Å². The molecule has 0 aliphatic carbocycles. The molecule has 6 heteroatoms. The summed E-state index contributed by atoms with van der Waals surface area (Å²) in [5, 5.41) is 13.5. The Balaban J connectivity index is 2.72. The first-order chi connectivity index (χ1) is 7.15. The van der Waals surface area contributed by atoms with Gasteiger partial charge in [-0.25, -0.2) is 0 Å². The predicted octanol–water partition coefficient (Wildman–Crippen LogP) is 1.44. The van der Waals surface area contributed by atoms with Crippen LogP contribution >= 0.6 is 0 Å². The van der Waals surface area contributed by atoms with Crippen molar-refractivity contribution in [2.45, 2.75) is 13.0 Å². The normalized spacial score (nSPS) is 12.1. The summed E-state index contributed by atoms with van der Waals surface area (Å²) < 4.78 is 5.02. The second-order valence-corrected chi connectivity index (χ2v) is 3.06. The fourth-order valence-corrected chi connectivity index (χ4v) is 1.02. The average Bonchev–Trinajstić information content (AvgIpc) is 2.26. The number of nitro groups is 1. The monoisotopic (exact) mass is 211 g/mol. The van der Waals surface area contributed by atoms with Gasteiger partial charge in [-0.2, -0.15) is 0 Å². The molecule has 6 nitrogen and oxygen atoms in total. The Morgan fingerprint density at radius 1 is 1.73 bits per heavy atom. The minimum Gasteiger partial charge on any atom is -0.380 e. The van der Waals surface area contributed by atoms with Crippen LogP contribution in [0.3, 0.4) is 0 Å². The maximum atomic E-state index is 10.6. The molecule has 0 aromatic carbocycles. The molecule has 0 saturated carbocycles. The van der Waals surface area contributed by atoms with E-state index >= 15 is 0 Å². The molecule has 0 amide bonds. The van der Waals surface area contributed by atoms with Crippen LogP contribution in [0.2, 0.25) is 0 Å². The number of anilines is 1. The topological polar surface area (TPSA) is 77.3 Å². The van der Waals surface area contributed by atoms with E-state index in [9.17, 15) is 10.1 Å². The molecule has 1 rings (SSSR count). The smallest absolute Gasteiger partial charge is 0.380 e. The summed E-state index contributed by atoms with van der Waals surface area (Å²) in [5.41, 5.74) is 0.409.